The molecule has 1 unspecified atom stereocenters. The maximum Gasteiger partial charge on any atom is 0.253 e. The van der Waals surface area contributed by atoms with Crippen molar-refractivity contribution in [3.05, 3.63) is 35.6 Å². The van der Waals surface area contributed by atoms with Crippen LogP contribution >= 0.6 is 7.14 Å². The van der Waals surface area contributed by atoms with Gasteiger partial charge in [0.2, 0.25) is 0 Å². The Balaban J connectivity index is 2.18. The Hall–Kier alpha value is -1.36. The van der Waals surface area contributed by atoms with Crippen LogP contribution in [0, 0.1) is 0 Å². The van der Waals surface area contributed by atoms with Crippen LogP contribution in [0.3, 0.4) is 0 Å². The first kappa shape index (κ1) is 17.0. The molecule has 2 aliphatic rings. The van der Waals surface area contributed by atoms with E-state index in [1.807, 2.05) is 6.92 Å². The first-order valence-electron chi connectivity index (χ1n) is 7.13. The third-order valence-electron chi connectivity index (χ3n) is 3.63. The monoisotopic (exact) mass is 326 g/mol. The summed E-state index contributed by atoms with van der Waals surface area (Å²) >= 11 is 0. The highest BCUT2D eigenvalue weighted by Crippen LogP contribution is 2.41. The van der Waals surface area contributed by atoms with Crippen LogP contribution in [-0.2, 0) is 14.1 Å². The molecule has 7 heteroatoms. The fraction of sp³-hybridized carbons (Fsp3) is 0.533. The number of nitrogens with one attached hydrogen (secondary N) is 1. The van der Waals surface area contributed by atoms with Crippen molar-refractivity contribution in [1.29, 1.82) is 0 Å². The first-order valence-corrected chi connectivity index (χ1v) is 9.80. The van der Waals surface area contributed by atoms with E-state index in [1.165, 1.54) is 0 Å². The van der Waals surface area contributed by atoms with E-state index < -0.39 is 25.6 Å². The third kappa shape index (κ3) is 3.69. The summed E-state index contributed by atoms with van der Waals surface area (Å²) in [6.07, 6.45) is 0.445. The summed E-state index contributed by atoms with van der Waals surface area (Å²) in [5.41, 5.74) is 1.31. The molecule has 122 valence electrons. The lowest BCUT2D eigenvalue weighted by Gasteiger charge is -2.32. The predicted molar refractivity (Wildman–Crippen MR) is 85.4 cm³/mol. The Morgan fingerprint density at radius 3 is 2.82 bits per heavy atom. The summed E-state index contributed by atoms with van der Waals surface area (Å²) in [7, 11) is -2.34. The molecular weight excluding hydrogens is 303 g/mol. The van der Waals surface area contributed by atoms with Crippen LogP contribution in [0.1, 0.15) is 20.3 Å². The minimum absolute atomic E-state index is 0.190. The Bertz CT molecular complexity index is 605. The van der Waals surface area contributed by atoms with Gasteiger partial charge in [-0.1, -0.05) is 6.58 Å². The molecule has 1 fully saturated rings. The number of carbonyl (C=O) groups excluding carboxylic acids is 1. The van der Waals surface area contributed by atoms with Gasteiger partial charge in [0.05, 0.1) is 6.10 Å². The summed E-state index contributed by atoms with van der Waals surface area (Å²) in [6, 6.07) is 0. The number of amides is 1. The van der Waals surface area contributed by atoms with Crippen molar-refractivity contribution in [2.24, 2.45) is 0 Å². The maximum atomic E-state index is 11.9. The zero-order valence-electron chi connectivity index (χ0n) is 13.4. The number of hydrogen-bond donors (Lipinski definition) is 2. The van der Waals surface area contributed by atoms with Gasteiger partial charge in [0.1, 0.15) is 25.3 Å². The van der Waals surface area contributed by atoms with Crippen LogP contribution in [0.5, 0.6) is 0 Å². The van der Waals surface area contributed by atoms with Gasteiger partial charge >= 0.3 is 0 Å². The second-order valence-electron chi connectivity index (χ2n) is 6.24. The highest BCUT2D eigenvalue weighted by Gasteiger charge is 2.39. The maximum absolute atomic E-state index is 11.9. The Labute approximate surface area is 130 Å². The van der Waals surface area contributed by atoms with Gasteiger partial charge in [-0.15, -0.1) is 0 Å². The van der Waals surface area contributed by atoms with Crippen molar-refractivity contribution in [3.63, 3.8) is 0 Å². The molecule has 0 saturated carbocycles. The fourth-order valence-electron chi connectivity index (χ4n) is 2.70. The SMILES string of the molecule is C=C1NC(=O)C(C)=CN1[C@H]1CC(O)[C@@H](/C(C)=C/P(C)(C)=O)O1. The Morgan fingerprint density at radius 1 is 1.59 bits per heavy atom. The Kier molecular flexibility index (Phi) is 4.66. The predicted octanol–water partition coefficient (Wildman–Crippen LogP) is 1.80. The quantitative estimate of drug-likeness (QED) is 0.773. The van der Waals surface area contributed by atoms with Gasteiger partial charge in [-0.25, -0.2) is 0 Å². The van der Waals surface area contributed by atoms with Crippen LogP contribution in [0.2, 0.25) is 0 Å². The molecule has 2 aliphatic heterocycles. The zero-order chi connectivity index (χ0) is 16.7. The highest BCUT2D eigenvalue weighted by atomic mass is 31.2. The summed E-state index contributed by atoms with van der Waals surface area (Å²) in [5.74, 6) is 1.91. The van der Waals surface area contributed by atoms with Crippen LogP contribution in [-0.4, -0.2) is 47.7 Å². The standard InChI is InChI=1S/C15H23N2O4P/c1-9-7-17(11(3)16-15(9)19)13-6-12(18)14(21-13)10(2)8-22(4,5)20/h7-8,12-14,18H,3,6H2,1-2,4-5H3,(H,16,19)/b10-8+/t12?,13-,14-/m1/s1. The number of hydrogen-bond acceptors (Lipinski definition) is 5. The number of aliphatic hydroxyl groups excluding tert-OH is 1. The van der Waals surface area contributed by atoms with E-state index in [1.54, 1.807) is 37.2 Å². The number of carbonyl (C=O) groups is 1. The second-order valence-corrected chi connectivity index (χ2v) is 9.37. The number of nitrogens with zero attached hydrogens (tertiary/aromatic N) is 1. The second kappa shape index (κ2) is 6.03. The lowest BCUT2D eigenvalue weighted by atomic mass is 10.1. The van der Waals surface area contributed by atoms with E-state index in [0.29, 0.717) is 17.8 Å². The van der Waals surface area contributed by atoms with Gasteiger partial charge in [-0.05, 0) is 38.6 Å². The van der Waals surface area contributed by atoms with Gasteiger partial charge < -0.3 is 24.6 Å². The molecular formula is C15H23N2O4P. The van der Waals surface area contributed by atoms with Gasteiger partial charge in [0, 0.05) is 18.2 Å². The minimum Gasteiger partial charge on any atom is -0.390 e. The molecule has 2 N–H and O–H groups in total. The van der Waals surface area contributed by atoms with Gasteiger partial charge in [-0.3, -0.25) is 4.79 Å². The van der Waals surface area contributed by atoms with Crippen molar-refractivity contribution in [2.45, 2.75) is 38.7 Å². The van der Waals surface area contributed by atoms with Crippen LogP contribution in [0.25, 0.3) is 0 Å². The van der Waals surface area contributed by atoms with Crippen molar-refractivity contribution in [1.82, 2.24) is 10.2 Å². The van der Waals surface area contributed by atoms with E-state index in [-0.39, 0.29) is 5.91 Å². The lowest BCUT2D eigenvalue weighted by molar-refractivity contribution is -0.118. The minimum atomic E-state index is -2.34. The van der Waals surface area contributed by atoms with E-state index >= 15 is 0 Å². The molecule has 0 aromatic heterocycles. The average Bonchev–Trinajstić information content (AvgIpc) is 2.73. The van der Waals surface area contributed by atoms with Crippen molar-refractivity contribution in [2.75, 3.05) is 13.3 Å². The van der Waals surface area contributed by atoms with Gasteiger partial charge in [0.15, 0.2) is 0 Å². The lowest BCUT2D eigenvalue weighted by Crippen LogP contribution is -2.42. The van der Waals surface area contributed by atoms with Crippen molar-refractivity contribution in [3.8, 4) is 0 Å². The van der Waals surface area contributed by atoms with Gasteiger partial charge in [-0.2, -0.15) is 0 Å². The average molecular weight is 326 g/mol. The van der Waals surface area contributed by atoms with Crippen molar-refractivity contribution >= 4 is 13.0 Å². The van der Waals surface area contributed by atoms with E-state index in [0.717, 1.165) is 5.57 Å². The molecule has 3 atom stereocenters. The molecule has 0 aromatic carbocycles. The first-order chi connectivity index (χ1) is 10.1. The van der Waals surface area contributed by atoms with Crippen LogP contribution < -0.4 is 5.32 Å². The topological polar surface area (TPSA) is 78.9 Å². The molecule has 2 heterocycles. The summed E-state index contributed by atoms with van der Waals surface area (Å²) < 4.78 is 17.8. The number of ether oxygens (including phenoxy) is 1. The van der Waals surface area contributed by atoms with E-state index in [2.05, 4.69) is 11.9 Å². The highest BCUT2D eigenvalue weighted by molar-refractivity contribution is 7.65. The third-order valence-corrected chi connectivity index (χ3v) is 4.66. The normalized spacial score (nSPS) is 30.4. The van der Waals surface area contributed by atoms with Crippen LogP contribution in [0.15, 0.2) is 35.6 Å². The molecule has 1 saturated heterocycles. The molecule has 22 heavy (non-hydrogen) atoms. The van der Waals surface area contributed by atoms with Gasteiger partial charge in [0.25, 0.3) is 5.91 Å². The summed E-state index contributed by atoms with van der Waals surface area (Å²) in [5, 5.41) is 12.9. The molecule has 0 bridgehead atoms. The molecule has 0 aromatic rings. The van der Waals surface area contributed by atoms with E-state index in [4.69, 9.17) is 4.74 Å². The molecule has 0 spiro atoms. The molecule has 2 rings (SSSR count). The van der Waals surface area contributed by atoms with E-state index in [9.17, 15) is 14.5 Å². The van der Waals surface area contributed by atoms with Crippen molar-refractivity contribution < 1.29 is 19.2 Å². The largest absolute Gasteiger partial charge is 0.390 e. The molecule has 0 aliphatic carbocycles. The summed E-state index contributed by atoms with van der Waals surface area (Å²) in [4.78, 5) is 13.3. The number of rotatable bonds is 3. The molecule has 0 radical (unpaired) electrons. The summed E-state index contributed by atoms with van der Waals surface area (Å²) in [6.45, 7) is 10.7. The smallest absolute Gasteiger partial charge is 0.253 e. The Morgan fingerprint density at radius 2 is 2.23 bits per heavy atom. The number of aliphatic hydroxyl groups is 1. The zero-order valence-corrected chi connectivity index (χ0v) is 14.3. The molecule has 1 amide bonds. The molecule has 6 nitrogen and oxygen atoms in total. The fourth-order valence-corrected chi connectivity index (χ4v) is 3.82. The van der Waals surface area contributed by atoms with Crippen LogP contribution in [0.4, 0.5) is 0 Å².